The van der Waals surface area contributed by atoms with E-state index in [0.717, 1.165) is 31.5 Å². The molecule has 0 aliphatic carbocycles. The molecule has 2 heterocycles. The summed E-state index contributed by atoms with van der Waals surface area (Å²) in [6.07, 6.45) is 4.16. The first-order valence-corrected chi connectivity index (χ1v) is 8.27. The molecule has 1 aliphatic rings. The van der Waals surface area contributed by atoms with E-state index in [4.69, 9.17) is 0 Å². The van der Waals surface area contributed by atoms with Crippen LogP contribution in [0.5, 0.6) is 0 Å². The Balaban J connectivity index is 0.00000208. The van der Waals surface area contributed by atoms with Crippen LogP contribution >= 0.6 is 12.4 Å². The molecule has 24 heavy (non-hydrogen) atoms. The largest absolute Gasteiger partial charge is 0.344 e. The van der Waals surface area contributed by atoms with E-state index in [1.165, 1.54) is 5.56 Å². The number of piperidine rings is 1. The SMILES string of the molecule is Cc1ccc(C(C)NC(=O)c2ccn(C3CCCNC3)n2)cc1.Cl. The van der Waals surface area contributed by atoms with Crippen LogP contribution in [0.25, 0.3) is 0 Å². The van der Waals surface area contributed by atoms with Gasteiger partial charge in [0.05, 0.1) is 12.1 Å². The summed E-state index contributed by atoms with van der Waals surface area (Å²) in [7, 11) is 0. The van der Waals surface area contributed by atoms with Crippen molar-refractivity contribution < 1.29 is 4.79 Å². The lowest BCUT2D eigenvalue weighted by Crippen LogP contribution is -2.32. The molecule has 0 radical (unpaired) electrons. The fourth-order valence-electron chi connectivity index (χ4n) is 2.93. The van der Waals surface area contributed by atoms with Crippen LogP contribution in [0.1, 0.15) is 53.5 Å². The highest BCUT2D eigenvalue weighted by Gasteiger charge is 2.18. The van der Waals surface area contributed by atoms with Crippen LogP contribution in [0.4, 0.5) is 0 Å². The fourth-order valence-corrected chi connectivity index (χ4v) is 2.93. The third kappa shape index (κ3) is 4.36. The number of rotatable bonds is 4. The van der Waals surface area contributed by atoms with Crippen LogP contribution in [0.15, 0.2) is 36.5 Å². The second-order valence-electron chi connectivity index (χ2n) is 6.29. The fraction of sp³-hybridized carbons (Fsp3) is 0.444. The first-order valence-electron chi connectivity index (χ1n) is 8.27. The summed E-state index contributed by atoms with van der Waals surface area (Å²) < 4.78 is 1.91. The number of halogens is 1. The van der Waals surface area contributed by atoms with Gasteiger partial charge in [0.15, 0.2) is 0 Å². The quantitative estimate of drug-likeness (QED) is 0.892. The standard InChI is InChI=1S/C18H24N4O.ClH/c1-13-5-7-15(8-6-13)14(2)20-18(23)17-9-11-22(21-17)16-4-3-10-19-12-16;/h5-9,11,14,16,19H,3-4,10,12H2,1-2H3,(H,20,23);1H. The Bertz CT molecular complexity index is 662. The van der Waals surface area contributed by atoms with Crippen molar-refractivity contribution in [1.29, 1.82) is 0 Å². The Morgan fingerprint density at radius 2 is 2.08 bits per heavy atom. The Morgan fingerprint density at radius 3 is 2.75 bits per heavy atom. The van der Waals surface area contributed by atoms with Crippen molar-refractivity contribution in [3.63, 3.8) is 0 Å². The maximum Gasteiger partial charge on any atom is 0.272 e. The summed E-state index contributed by atoms with van der Waals surface area (Å²) >= 11 is 0. The molecule has 2 unspecified atom stereocenters. The molecular weight excluding hydrogens is 324 g/mol. The minimum Gasteiger partial charge on any atom is -0.344 e. The second kappa shape index (κ2) is 8.31. The molecule has 1 fully saturated rings. The molecule has 2 atom stereocenters. The van der Waals surface area contributed by atoms with Crippen LogP contribution in [-0.2, 0) is 0 Å². The summed E-state index contributed by atoms with van der Waals surface area (Å²) in [4.78, 5) is 12.4. The maximum absolute atomic E-state index is 12.4. The van der Waals surface area contributed by atoms with Crippen molar-refractivity contribution in [2.24, 2.45) is 0 Å². The summed E-state index contributed by atoms with van der Waals surface area (Å²) in [5, 5.41) is 10.8. The molecule has 2 N–H and O–H groups in total. The summed E-state index contributed by atoms with van der Waals surface area (Å²) in [6, 6.07) is 10.3. The van der Waals surface area contributed by atoms with Crippen LogP contribution in [-0.4, -0.2) is 28.8 Å². The van der Waals surface area contributed by atoms with Crippen molar-refractivity contribution in [3.05, 3.63) is 53.3 Å². The van der Waals surface area contributed by atoms with Crippen molar-refractivity contribution >= 4 is 18.3 Å². The van der Waals surface area contributed by atoms with Gasteiger partial charge in [-0.25, -0.2) is 0 Å². The van der Waals surface area contributed by atoms with E-state index in [9.17, 15) is 4.79 Å². The van der Waals surface area contributed by atoms with E-state index in [1.54, 1.807) is 6.07 Å². The Labute approximate surface area is 149 Å². The van der Waals surface area contributed by atoms with Gasteiger partial charge in [-0.2, -0.15) is 5.10 Å². The first-order chi connectivity index (χ1) is 11.1. The number of aromatic nitrogens is 2. The van der Waals surface area contributed by atoms with Crippen molar-refractivity contribution in [3.8, 4) is 0 Å². The Morgan fingerprint density at radius 1 is 1.33 bits per heavy atom. The van der Waals surface area contributed by atoms with Crippen molar-refractivity contribution in [1.82, 2.24) is 20.4 Å². The van der Waals surface area contributed by atoms with E-state index >= 15 is 0 Å². The lowest BCUT2D eigenvalue weighted by molar-refractivity contribution is 0.0933. The second-order valence-corrected chi connectivity index (χ2v) is 6.29. The van der Waals surface area contributed by atoms with Gasteiger partial charge in [-0.1, -0.05) is 29.8 Å². The number of aryl methyl sites for hydroxylation is 1. The van der Waals surface area contributed by atoms with Gasteiger partial charge in [0, 0.05) is 12.7 Å². The normalized spacial score (nSPS) is 18.5. The Kier molecular flexibility index (Phi) is 6.40. The molecule has 1 aromatic heterocycles. The summed E-state index contributed by atoms with van der Waals surface area (Å²) in [5.41, 5.74) is 2.79. The van der Waals surface area contributed by atoms with E-state index in [-0.39, 0.29) is 24.4 Å². The van der Waals surface area contributed by atoms with Crippen LogP contribution in [0, 0.1) is 6.92 Å². The highest BCUT2D eigenvalue weighted by atomic mass is 35.5. The molecular formula is C18H25ClN4O. The zero-order chi connectivity index (χ0) is 16.2. The molecule has 1 amide bonds. The lowest BCUT2D eigenvalue weighted by atomic mass is 10.1. The third-order valence-electron chi connectivity index (χ3n) is 4.41. The molecule has 2 aromatic rings. The van der Waals surface area contributed by atoms with Gasteiger partial charge in [0.1, 0.15) is 5.69 Å². The molecule has 1 aromatic carbocycles. The van der Waals surface area contributed by atoms with Crippen LogP contribution < -0.4 is 10.6 Å². The molecule has 0 spiro atoms. The van der Waals surface area contributed by atoms with E-state index < -0.39 is 0 Å². The van der Waals surface area contributed by atoms with Crippen LogP contribution in [0.2, 0.25) is 0 Å². The van der Waals surface area contributed by atoms with Gasteiger partial charge >= 0.3 is 0 Å². The highest BCUT2D eigenvalue weighted by Crippen LogP contribution is 2.17. The minimum atomic E-state index is -0.124. The number of carbonyl (C=O) groups is 1. The summed E-state index contributed by atoms with van der Waals surface area (Å²) in [5.74, 6) is -0.124. The van der Waals surface area contributed by atoms with Crippen molar-refractivity contribution in [2.45, 2.75) is 38.8 Å². The number of nitrogens with zero attached hydrogens (tertiary/aromatic N) is 2. The topological polar surface area (TPSA) is 59.0 Å². The van der Waals surface area contributed by atoms with Gasteiger partial charge in [0.2, 0.25) is 0 Å². The van der Waals surface area contributed by atoms with E-state index in [2.05, 4.69) is 34.8 Å². The number of hydrogen-bond acceptors (Lipinski definition) is 3. The first kappa shape index (κ1) is 18.5. The predicted octanol–water partition coefficient (Wildman–Crippen LogP) is 3.03. The maximum atomic E-state index is 12.4. The smallest absolute Gasteiger partial charge is 0.272 e. The molecule has 1 saturated heterocycles. The van der Waals surface area contributed by atoms with E-state index in [0.29, 0.717) is 11.7 Å². The van der Waals surface area contributed by atoms with Crippen LogP contribution in [0.3, 0.4) is 0 Å². The predicted molar refractivity (Wildman–Crippen MR) is 97.7 cm³/mol. The van der Waals surface area contributed by atoms with Gasteiger partial charge in [-0.15, -0.1) is 12.4 Å². The number of hydrogen-bond donors (Lipinski definition) is 2. The zero-order valence-electron chi connectivity index (χ0n) is 14.2. The number of amides is 1. The molecule has 0 saturated carbocycles. The van der Waals surface area contributed by atoms with Gasteiger partial charge < -0.3 is 10.6 Å². The van der Waals surface area contributed by atoms with Crippen molar-refractivity contribution in [2.75, 3.05) is 13.1 Å². The zero-order valence-corrected chi connectivity index (χ0v) is 15.0. The molecule has 0 bridgehead atoms. The molecule has 3 rings (SSSR count). The third-order valence-corrected chi connectivity index (χ3v) is 4.41. The minimum absolute atomic E-state index is 0. The highest BCUT2D eigenvalue weighted by molar-refractivity contribution is 5.92. The average molecular weight is 349 g/mol. The molecule has 6 heteroatoms. The van der Waals surface area contributed by atoms with Gasteiger partial charge in [-0.3, -0.25) is 9.48 Å². The summed E-state index contributed by atoms with van der Waals surface area (Å²) in [6.45, 7) is 6.03. The van der Waals surface area contributed by atoms with Gasteiger partial charge in [-0.05, 0) is 44.9 Å². The lowest BCUT2D eigenvalue weighted by Gasteiger charge is -2.22. The average Bonchev–Trinajstić information content (AvgIpc) is 3.06. The van der Waals surface area contributed by atoms with E-state index in [1.807, 2.05) is 29.9 Å². The number of nitrogens with one attached hydrogen (secondary N) is 2. The van der Waals surface area contributed by atoms with Gasteiger partial charge in [0.25, 0.3) is 5.91 Å². The Hall–Kier alpha value is -1.85. The molecule has 5 nitrogen and oxygen atoms in total. The molecule has 1 aliphatic heterocycles. The number of benzene rings is 1. The number of carbonyl (C=O) groups excluding carboxylic acids is 1. The monoisotopic (exact) mass is 348 g/mol. The molecule has 130 valence electrons.